The van der Waals surface area contributed by atoms with Crippen molar-refractivity contribution in [2.75, 3.05) is 30.4 Å². The number of rotatable bonds is 9. The minimum atomic E-state index is -0.165. The number of nitrogens with one attached hydrogen (secondary N) is 2. The summed E-state index contributed by atoms with van der Waals surface area (Å²) in [5.74, 6) is 1.11. The molecule has 3 aromatic rings. The number of amides is 1. The zero-order valence-electron chi connectivity index (χ0n) is 16.0. The highest BCUT2D eigenvalue weighted by atomic mass is 16.5. The number of hydrogen-bond acceptors (Lipinski definition) is 5. The van der Waals surface area contributed by atoms with Gasteiger partial charge in [-0.05, 0) is 44.2 Å². The van der Waals surface area contributed by atoms with Gasteiger partial charge in [0, 0.05) is 24.1 Å². The molecule has 0 fully saturated rings. The molecule has 0 bridgehead atoms. The molecule has 146 valence electrons. The van der Waals surface area contributed by atoms with E-state index in [0.717, 1.165) is 11.4 Å². The van der Waals surface area contributed by atoms with Gasteiger partial charge in [-0.25, -0.2) is 4.68 Å². The summed E-state index contributed by atoms with van der Waals surface area (Å²) in [5.41, 5.74) is 2.35. The maximum Gasteiger partial charge on any atom is 0.243 e. The number of carbonyl (C=O) groups is 1. The van der Waals surface area contributed by atoms with Gasteiger partial charge in [-0.1, -0.05) is 12.1 Å². The molecule has 2 aromatic carbocycles. The number of hydrogen-bond donors (Lipinski definition) is 2. The van der Waals surface area contributed by atoms with E-state index in [1.807, 2.05) is 50.4 Å². The minimum absolute atomic E-state index is 0.120. The van der Waals surface area contributed by atoms with E-state index >= 15 is 0 Å². The van der Waals surface area contributed by atoms with Crippen molar-refractivity contribution in [1.29, 1.82) is 0 Å². The number of anilines is 2. The van der Waals surface area contributed by atoms with Gasteiger partial charge >= 0.3 is 0 Å². The lowest BCUT2D eigenvalue weighted by Gasteiger charge is -2.14. The molecule has 0 saturated heterocycles. The topological polar surface area (TPSA) is 77.4 Å². The Morgan fingerprint density at radius 3 is 2.57 bits per heavy atom. The second-order valence-corrected chi connectivity index (χ2v) is 5.90. The predicted molar refractivity (Wildman–Crippen MR) is 109 cm³/mol. The van der Waals surface area contributed by atoms with Crippen molar-refractivity contribution in [1.82, 2.24) is 9.78 Å². The average Bonchev–Trinajstić information content (AvgIpc) is 3.24. The summed E-state index contributed by atoms with van der Waals surface area (Å²) in [6.07, 6.45) is 3.57. The molecular formula is C21H24N4O3. The highest BCUT2D eigenvalue weighted by Crippen LogP contribution is 2.30. The van der Waals surface area contributed by atoms with Gasteiger partial charge < -0.3 is 20.1 Å². The summed E-state index contributed by atoms with van der Waals surface area (Å²) in [7, 11) is 0. The van der Waals surface area contributed by atoms with Crippen LogP contribution in [0.1, 0.15) is 13.8 Å². The maximum absolute atomic E-state index is 12.4. The van der Waals surface area contributed by atoms with Gasteiger partial charge in [0.1, 0.15) is 0 Å². The summed E-state index contributed by atoms with van der Waals surface area (Å²) < 4.78 is 12.9. The molecule has 1 heterocycles. The molecule has 0 aliphatic rings. The van der Waals surface area contributed by atoms with Crippen LogP contribution in [-0.2, 0) is 4.79 Å². The average molecular weight is 380 g/mol. The standard InChI is InChI=1S/C21H24N4O3/c1-3-27-19-11-10-16(14-20(19)28-4-2)24-21(26)15-22-17-8-5-6-9-18(17)25-13-7-12-23-25/h5-14,22H,3-4,15H2,1-2H3,(H,24,26). The summed E-state index contributed by atoms with van der Waals surface area (Å²) in [6.45, 7) is 5.00. The molecule has 0 radical (unpaired) electrons. The number of benzene rings is 2. The van der Waals surface area contributed by atoms with Crippen LogP contribution >= 0.6 is 0 Å². The quantitative estimate of drug-likeness (QED) is 0.592. The number of carbonyl (C=O) groups excluding carboxylic acids is 1. The fourth-order valence-electron chi connectivity index (χ4n) is 2.74. The van der Waals surface area contributed by atoms with Gasteiger partial charge in [-0.15, -0.1) is 0 Å². The van der Waals surface area contributed by atoms with E-state index in [4.69, 9.17) is 9.47 Å². The van der Waals surface area contributed by atoms with E-state index in [2.05, 4.69) is 15.7 Å². The van der Waals surface area contributed by atoms with Gasteiger partial charge in [-0.3, -0.25) is 4.79 Å². The van der Waals surface area contributed by atoms with Crippen LogP contribution in [0.4, 0.5) is 11.4 Å². The Morgan fingerprint density at radius 2 is 1.82 bits per heavy atom. The van der Waals surface area contributed by atoms with Crippen LogP contribution in [0.5, 0.6) is 11.5 Å². The number of aromatic nitrogens is 2. The van der Waals surface area contributed by atoms with E-state index in [9.17, 15) is 4.79 Å². The third kappa shape index (κ3) is 4.82. The molecule has 1 amide bonds. The van der Waals surface area contributed by atoms with Crippen LogP contribution in [0.2, 0.25) is 0 Å². The number of nitrogens with zero attached hydrogens (tertiary/aromatic N) is 2. The molecule has 0 saturated carbocycles. The van der Waals surface area contributed by atoms with Gasteiger partial charge in [0.15, 0.2) is 11.5 Å². The van der Waals surface area contributed by atoms with E-state index in [0.29, 0.717) is 30.4 Å². The molecule has 0 aliphatic carbocycles. The normalized spacial score (nSPS) is 10.4. The van der Waals surface area contributed by atoms with E-state index in [1.54, 1.807) is 29.1 Å². The van der Waals surface area contributed by atoms with Gasteiger partial charge in [0.25, 0.3) is 0 Å². The van der Waals surface area contributed by atoms with Crippen molar-refractivity contribution in [3.8, 4) is 17.2 Å². The highest BCUT2D eigenvalue weighted by Gasteiger charge is 2.10. The Hall–Kier alpha value is -3.48. The van der Waals surface area contributed by atoms with Crippen molar-refractivity contribution in [3.63, 3.8) is 0 Å². The first-order chi connectivity index (χ1) is 13.7. The maximum atomic E-state index is 12.4. The van der Waals surface area contributed by atoms with Crippen molar-refractivity contribution in [2.24, 2.45) is 0 Å². The fraction of sp³-hybridized carbons (Fsp3) is 0.238. The van der Waals surface area contributed by atoms with Crippen LogP contribution in [0.3, 0.4) is 0 Å². The van der Waals surface area contributed by atoms with Gasteiger partial charge in [0.2, 0.25) is 5.91 Å². The lowest BCUT2D eigenvalue weighted by Crippen LogP contribution is -2.22. The predicted octanol–water partition coefficient (Wildman–Crippen LogP) is 3.72. The van der Waals surface area contributed by atoms with Crippen LogP contribution in [0.25, 0.3) is 5.69 Å². The third-order valence-corrected chi connectivity index (χ3v) is 3.92. The zero-order valence-corrected chi connectivity index (χ0v) is 16.0. The zero-order chi connectivity index (χ0) is 19.8. The Labute approximate surface area is 164 Å². The SMILES string of the molecule is CCOc1ccc(NC(=O)CNc2ccccc2-n2cccn2)cc1OCC. The van der Waals surface area contributed by atoms with Gasteiger partial charge in [0.05, 0.1) is 31.1 Å². The Kier molecular flexibility index (Phi) is 6.51. The molecule has 0 atom stereocenters. The monoisotopic (exact) mass is 380 g/mol. The second kappa shape index (κ2) is 9.45. The summed E-state index contributed by atoms with van der Waals surface area (Å²) >= 11 is 0. The van der Waals surface area contributed by atoms with E-state index in [1.165, 1.54) is 0 Å². The third-order valence-electron chi connectivity index (χ3n) is 3.92. The molecule has 0 unspecified atom stereocenters. The van der Waals surface area contributed by atoms with E-state index < -0.39 is 0 Å². The first-order valence-corrected chi connectivity index (χ1v) is 9.23. The first kappa shape index (κ1) is 19.3. The molecule has 28 heavy (non-hydrogen) atoms. The lowest BCUT2D eigenvalue weighted by atomic mass is 10.2. The lowest BCUT2D eigenvalue weighted by molar-refractivity contribution is -0.114. The molecule has 3 rings (SSSR count). The summed E-state index contributed by atoms with van der Waals surface area (Å²) in [4.78, 5) is 12.4. The molecule has 0 aliphatic heterocycles. The Balaban J connectivity index is 1.65. The smallest absolute Gasteiger partial charge is 0.243 e. The van der Waals surface area contributed by atoms with Gasteiger partial charge in [-0.2, -0.15) is 5.10 Å². The fourth-order valence-corrected chi connectivity index (χ4v) is 2.74. The van der Waals surface area contributed by atoms with Crippen LogP contribution in [-0.4, -0.2) is 35.4 Å². The molecule has 2 N–H and O–H groups in total. The minimum Gasteiger partial charge on any atom is -0.490 e. The number of ether oxygens (including phenoxy) is 2. The Morgan fingerprint density at radius 1 is 1.04 bits per heavy atom. The first-order valence-electron chi connectivity index (χ1n) is 9.23. The highest BCUT2D eigenvalue weighted by molar-refractivity contribution is 5.94. The summed E-state index contributed by atoms with van der Waals surface area (Å²) in [5, 5.41) is 10.3. The van der Waals surface area contributed by atoms with Crippen LogP contribution in [0.15, 0.2) is 60.9 Å². The Bertz CT molecular complexity index is 910. The molecular weight excluding hydrogens is 356 g/mol. The second-order valence-electron chi connectivity index (χ2n) is 5.90. The van der Waals surface area contributed by atoms with Crippen LogP contribution < -0.4 is 20.1 Å². The van der Waals surface area contributed by atoms with Crippen molar-refractivity contribution in [2.45, 2.75) is 13.8 Å². The van der Waals surface area contributed by atoms with Crippen LogP contribution in [0, 0.1) is 0 Å². The van der Waals surface area contributed by atoms with Crippen molar-refractivity contribution >= 4 is 17.3 Å². The molecule has 7 heteroatoms. The molecule has 0 spiro atoms. The molecule has 7 nitrogen and oxygen atoms in total. The molecule has 1 aromatic heterocycles. The summed E-state index contributed by atoms with van der Waals surface area (Å²) in [6, 6.07) is 14.9. The van der Waals surface area contributed by atoms with Crippen molar-refractivity contribution < 1.29 is 14.3 Å². The number of para-hydroxylation sites is 2. The largest absolute Gasteiger partial charge is 0.490 e. The van der Waals surface area contributed by atoms with Crippen molar-refractivity contribution in [3.05, 3.63) is 60.9 Å². The van der Waals surface area contributed by atoms with E-state index in [-0.39, 0.29) is 12.5 Å².